The molecule has 16 heavy (non-hydrogen) atoms. The van der Waals surface area contributed by atoms with Crippen LogP contribution in [-0.4, -0.2) is 12.5 Å². The van der Waals surface area contributed by atoms with Crippen LogP contribution in [-0.2, 0) is 11.2 Å². The predicted molar refractivity (Wildman–Crippen MR) is 69.4 cm³/mol. The van der Waals surface area contributed by atoms with Crippen LogP contribution in [0.15, 0.2) is 30.3 Å². The van der Waals surface area contributed by atoms with Crippen LogP contribution in [0.4, 0.5) is 0 Å². The van der Waals surface area contributed by atoms with Gasteiger partial charge in [-0.3, -0.25) is 4.79 Å². The van der Waals surface area contributed by atoms with Crippen molar-refractivity contribution in [2.24, 2.45) is 0 Å². The molecular weight excluding hydrogens is 198 g/mol. The number of carbonyl (C=O) groups excluding carboxylic acids is 1. The van der Waals surface area contributed by atoms with Crippen LogP contribution in [0.25, 0.3) is 0 Å². The molecule has 0 unspecified atom stereocenters. The lowest BCUT2D eigenvalue weighted by Crippen LogP contribution is -2.20. The van der Waals surface area contributed by atoms with E-state index in [1.807, 2.05) is 19.9 Å². The third-order valence-corrected chi connectivity index (χ3v) is 2.11. The average Bonchev–Trinajstić information content (AvgIpc) is 2.32. The molecule has 0 aromatic heterocycles. The monoisotopic (exact) mass is 221 g/mol. The van der Waals surface area contributed by atoms with Crippen LogP contribution in [0, 0.1) is 0 Å². The number of benzene rings is 1. The molecule has 0 aliphatic rings. The van der Waals surface area contributed by atoms with Crippen LogP contribution < -0.4 is 5.32 Å². The van der Waals surface area contributed by atoms with Crippen molar-refractivity contribution in [2.45, 2.75) is 40.0 Å². The van der Waals surface area contributed by atoms with Gasteiger partial charge in [-0.2, -0.15) is 0 Å². The quantitative estimate of drug-likeness (QED) is 0.760. The van der Waals surface area contributed by atoms with Crippen molar-refractivity contribution in [1.82, 2.24) is 5.32 Å². The van der Waals surface area contributed by atoms with E-state index in [0.717, 1.165) is 25.8 Å². The second-order valence-corrected chi connectivity index (χ2v) is 3.43. The van der Waals surface area contributed by atoms with Gasteiger partial charge in [-0.25, -0.2) is 0 Å². The molecule has 0 saturated heterocycles. The minimum atomic E-state index is 0.0599. The first-order valence-electron chi connectivity index (χ1n) is 6.07. The normalized spacial score (nSPS) is 8.94. The van der Waals surface area contributed by atoms with Gasteiger partial charge in [-0.15, -0.1) is 0 Å². The minimum Gasteiger partial charge on any atom is -0.356 e. The first-order chi connectivity index (χ1) is 7.79. The third-order valence-electron chi connectivity index (χ3n) is 2.11. The van der Waals surface area contributed by atoms with Gasteiger partial charge in [0.2, 0.25) is 5.91 Å². The van der Waals surface area contributed by atoms with Gasteiger partial charge in [0, 0.05) is 13.5 Å². The van der Waals surface area contributed by atoms with Crippen molar-refractivity contribution in [2.75, 3.05) is 6.54 Å². The zero-order chi connectivity index (χ0) is 12.2. The number of aryl methyl sites for hydroxylation is 1. The SMILES string of the molecule is CC.CC(=O)NCCCCc1ccccc1. The summed E-state index contributed by atoms with van der Waals surface area (Å²) in [6, 6.07) is 10.4. The number of rotatable bonds is 5. The molecule has 0 heterocycles. The maximum Gasteiger partial charge on any atom is 0.216 e. The molecule has 0 bridgehead atoms. The number of carbonyl (C=O) groups is 1. The van der Waals surface area contributed by atoms with Crippen molar-refractivity contribution in [1.29, 1.82) is 0 Å². The molecular formula is C14H23NO. The van der Waals surface area contributed by atoms with E-state index < -0.39 is 0 Å². The summed E-state index contributed by atoms with van der Waals surface area (Å²) < 4.78 is 0. The summed E-state index contributed by atoms with van der Waals surface area (Å²) in [5.74, 6) is 0.0599. The molecule has 2 nitrogen and oxygen atoms in total. The fraction of sp³-hybridized carbons (Fsp3) is 0.500. The van der Waals surface area contributed by atoms with E-state index in [2.05, 4.69) is 29.6 Å². The van der Waals surface area contributed by atoms with Gasteiger partial charge in [0.15, 0.2) is 0 Å². The second kappa shape index (κ2) is 10.2. The molecule has 0 aliphatic carbocycles. The Hall–Kier alpha value is -1.31. The maximum absolute atomic E-state index is 10.6. The summed E-state index contributed by atoms with van der Waals surface area (Å²) in [7, 11) is 0. The molecule has 1 aromatic rings. The van der Waals surface area contributed by atoms with Gasteiger partial charge in [0.25, 0.3) is 0 Å². The van der Waals surface area contributed by atoms with Crippen molar-refractivity contribution in [3.63, 3.8) is 0 Å². The molecule has 1 amide bonds. The van der Waals surface area contributed by atoms with Gasteiger partial charge >= 0.3 is 0 Å². The average molecular weight is 221 g/mol. The highest BCUT2D eigenvalue weighted by atomic mass is 16.1. The van der Waals surface area contributed by atoms with E-state index in [4.69, 9.17) is 0 Å². The molecule has 0 atom stereocenters. The lowest BCUT2D eigenvalue weighted by atomic mass is 10.1. The van der Waals surface area contributed by atoms with Gasteiger partial charge in [-0.05, 0) is 24.8 Å². The number of amides is 1. The molecule has 0 aliphatic heterocycles. The van der Waals surface area contributed by atoms with Crippen LogP contribution in [0.5, 0.6) is 0 Å². The zero-order valence-corrected chi connectivity index (χ0v) is 10.6. The van der Waals surface area contributed by atoms with E-state index >= 15 is 0 Å². The molecule has 2 heteroatoms. The summed E-state index contributed by atoms with van der Waals surface area (Å²) in [5, 5.41) is 2.79. The highest BCUT2D eigenvalue weighted by Gasteiger charge is 1.93. The Morgan fingerprint density at radius 1 is 1.12 bits per heavy atom. The van der Waals surface area contributed by atoms with Crippen LogP contribution in [0.2, 0.25) is 0 Å². The van der Waals surface area contributed by atoms with Gasteiger partial charge in [-0.1, -0.05) is 44.2 Å². The van der Waals surface area contributed by atoms with Crippen molar-refractivity contribution in [3.05, 3.63) is 35.9 Å². The van der Waals surface area contributed by atoms with E-state index in [-0.39, 0.29) is 5.91 Å². The molecule has 0 spiro atoms. The van der Waals surface area contributed by atoms with Crippen molar-refractivity contribution >= 4 is 5.91 Å². The number of unbranched alkanes of at least 4 members (excludes halogenated alkanes) is 1. The Kier molecular flexibility index (Phi) is 9.38. The molecule has 0 radical (unpaired) electrons. The lowest BCUT2D eigenvalue weighted by Gasteiger charge is -2.02. The Bertz CT molecular complexity index is 269. The number of hydrogen-bond acceptors (Lipinski definition) is 1. The summed E-state index contributed by atoms with van der Waals surface area (Å²) in [4.78, 5) is 10.6. The molecule has 1 N–H and O–H groups in total. The van der Waals surface area contributed by atoms with E-state index in [1.165, 1.54) is 5.56 Å². The molecule has 1 aromatic carbocycles. The van der Waals surface area contributed by atoms with Crippen molar-refractivity contribution < 1.29 is 4.79 Å². The summed E-state index contributed by atoms with van der Waals surface area (Å²) >= 11 is 0. The Labute approximate surface area is 99.1 Å². The van der Waals surface area contributed by atoms with Crippen molar-refractivity contribution in [3.8, 4) is 0 Å². The highest BCUT2D eigenvalue weighted by Crippen LogP contribution is 2.03. The summed E-state index contributed by atoms with van der Waals surface area (Å²) in [5.41, 5.74) is 1.37. The van der Waals surface area contributed by atoms with Gasteiger partial charge in [0.1, 0.15) is 0 Å². The second-order valence-electron chi connectivity index (χ2n) is 3.43. The van der Waals surface area contributed by atoms with E-state index in [0.29, 0.717) is 0 Å². The van der Waals surface area contributed by atoms with E-state index in [1.54, 1.807) is 6.92 Å². The van der Waals surface area contributed by atoms with E-state index in [9.17, 15) is 4.79 Å². The minimum absolute atomic E-state index is 0.0599. The number of hydrogen-bond donors (Lipinski definition) is 1. The molecule has 1 rings (SSSR count). The Morgan fingerprint density at radius 3 is 2.31 bits per heavy atom. The fourth-order valence-electron chi connectivity index (χ4n) is 1.36. The first-order valence-corrected chi connectivity index (χ1v) is 6.07. The highest BCUT2D eigenvalue weighted by molar-refractivity contribution is 5.72. The smallest absolute Gasteiger partial charge is 0.216 e. The van der Waals surface area contributed by atoms with Crippen LogP contribution in [0.3, 0.4) is 0 Å². The maximum atomic E-state index is 10.6. The Balaban J connectivity index is 0.00000106. The largest absolute Gasteiger partial charge is 0.356 e. The summed E-state index contributed by atoms with van der Waals surface area (Å²) in [6.07, 6.45) is 3.28. The number of nitrogens with one attached hydrogen (secondary N) is 1. The molecule has 90 valence electrons. The zero-order valence-electron chi connectivity index (χ0n) is 10.6. The van der Waals surface area contributed by atoms with Gasteiger partial charge < -0.3 is 5.32 Å². The van der Waals surface area contributed by atoms with Crippen LogP contribution >= 0.6 is 0 Å². The Morgan fingerprint density at radius 2 is 1.75 bits per heavy atom. The predicted octanol–water partition coefficient (Wildman–Crippen LogP) is 3.17. The standard InChI is InChI=1S/C12H17NO.C2H6/c1-11(14)13-10-6-5-9-12-7-3-2-4-8-12;1-2/h2-4,7-8H,5-6,9-10H2,1H3,(H,13,14);1-2H3. The first kappa shape index (κ1) is 14.7. The lowest BCUT2D eigenvalue weighted by molar-refractivity contribution is -0.118. The fourth-order valence-corrected chi connectivity index (χ4v) is 1.36. The molecule has 0 fully saturated rings. The van der Waals surface area contributed by atoms with Crippen LogP contribution in [0.1, 0.15) is 39.2 Å². The summed E-state index contributed by atoms with van der Waals surface area (Å²) in [6.45, 7) is 6.35. The molecule has 0 saturated carbocycles. The topological polar surface area (TPSA) is 29.1 Å². The third kappa shape index (κ3) is 8.04. The van der Waals surface area contributed by atoms with Gasteiger partial charge in [0.05, 0.1) is 0 Å².